The Morgan fingerprint density at radius 1 is 1.08 bits per heavy atom. The maximum absolute atomic E-state index is 12.4. The summed E-state index contributed by atoms with van der Waals surface area (Å²) in [4.78, 5) is 14.1. The molecule has 1 saturated heterocycles. The van der Waals surface area contributed by atoms with Crippen LogP contribution in [0.15, 0.2) is 42.5 Å². The number of aryl methyl sites for hydroxylation is 1. The molecule has 2 atom stereocenters. The Morgan fingerprint density at radius 2 is 1.79 bits per heavy atom. The number of β-lactam (4-membered cyclic amide) rings is 1. The number of hydrogen-bond acceptors (Lipinski definition) is 4. The van der Waals surface area contributed by atoms with Crippen molar-refractivity contribution in [1.29, 1.82) is 0 Å². The van der Waals surface area contributed by atoms with Gasteiger partial charge in [0.1, 0.15) is 19.3 Å². The molecule has 0 radical (unpaired) electrons. The van der Waals surface area contributed by atoms with Crippen LogP contribution in [0.1, 0.15) is 24.1 Å². The normalized spacial score (nSPS) is 22.2. The number of amides is 1. The summed E-state index contributed by atoms with van der Waals surface area (Å²) >= 11 is 0. The van der Waals surface area contributed by atoms with Gasteiger partial charge in [-0.3, -0.25) is 4.79 Å². The van der Waals surface area contributed by atoms with Gasteiger partial charge >= 0.3 is 0 Å². The first-order chi connectivity index (χ1) is 11.7. The third kappa shape index (κ3) is 2.32. The van der Waals surface area contributed by atoms with E-state index in [2.05, 4.69) is 31.2 Å². The molecule has 4 rings (SSSR count). The summed E-state index contributed by atoms with van der Waals surface area (Å²) in [6.07, 6.45) is 0.988. The smallest absolute Gasteiger partial charge is 0.247 e. The summed E-state index contributed by atoms with van der Waals surface area (Å²) in [5.74, 6) is 1.31. The molecule has 5 nitrogen and oxygen atoms in total. The van der Waals surface area contributed by atoms with Gasteiger partial charge in [0.2, 0.25) is 5.91 Å². The second-order valence-electron chi connectivity index (χ2n) is 6.10. The number of rotatable bonds is 3. The van der Waals surface area contributed by atoms with Crippen molar-refractivity contribution in [1.82, 2.24) is 0 Å². The number of carbonyl (C=O) groups is 1. The molecule has 2 unspecified atom stereocenters. The average Bonchev–Trinajstić information content (AvgIpc) is 2.65. The molecule has 0 aliphatic carbocycles. The quantitative estimate of drug-likeness (QED) is 0.881. The number of nitrogens with zero attached hydrogens (tertiary/aromatic N) is 1. The molecule has 5 heteroatoms. The van der Waals surface area contributed by atoms with Crippen LogP contribution in [0.4, 0.5) is 5.69 Å². The van der Waals surface area contributed by atoms with E-state index in [9.17, 15) is 4.79 Å². The van der Waals surface area contributed by atoms with Crippen LogP contribution < -0.4 is 20.1 Å². The van der Waals surface area contributed by atoms with Crippen molar-refractivity contribution in [2.45, 2.75) is 25.4 Å². The second-order valence-corrected chi connectivity index (χ2v) is 6.10. The molecule has 2 aliphatic heterocycles. The van der Waals surface area contributed by atoms with Crippen LogP contribution >= 0.6 is 0 Å². The van der Waals surface area contributed by atoms with E-state index in [1.165, 1.54) is 5.56 Å². The molecule has 124 valence electrons. The fourth-order valence-electron chi connectivity index (χ4n) is 3.29. The van der Waals surface area contributed by atoms with E-state index in [1.807, 2.05) is 18.2 Å². The Kier molecular flexibility index (Phi) is 3.65. The van der Waals surface area contributed by atoms with E-state index in [0.29, 0.717) is 24.7 Å². The van der Waals surface area contributed by atoms with E-state index in [-0.39, 0.29) is 11.9 Å². The maximum Gasteiger partial charge on any atom is 0.247 e. The minimum Gasteiger partial charge on any atom is -0.486 e. The highest BCUT2D eigenvalue weighted by Crippen LogP contribution is 2.42. The number of ether oxygens (including phenoxy) is 2. The summed E-state index contributed by atoms with van der Waals surface area (Å²) in [6.45, 7) is 3.19. The zero-order chi connectivity index (χ0) is 16.7. The van der Waals surface area contributed by atoms with Crippen LogP contribution in [0.25, 0.3) is 0 Å². The van der Waals surface area contributed by atoms with Crippen molar-refractivity contribution >= 4 is 11.6 Å². The Balaban J connectivity index is 1.66. The molecule has 2 aliphatic rings. The monoisotopic (exact) mass is 324 g/mol. The summed E-state index contributed by atoms with van der Waals surface area (Å²) < 4.78 is 11.2. The predicted molar refractivity (Wildman–Crippen MR) is 91.5 cm³/mol. The Labute approximate surface area is 141 Å². The summed E-state index contributed by atoms with van der Waals surface area (Å²) in [7, 11) is 0. The minimum absolute atomic E-state index is 0.0729. The number of nitrogens with two attached hydrogens (primary N) is 1. The molecule has 24 heavy (non-hydrogen) atoms. The van der Waals surface area contributed by atoms with Gasteiger partial charge in [-0.2, -0.15) is 0 Å². The Hall–Kier alpha value is -2.53. The van der Waals surface area contributed by atoms with Crippen LogP contribution in [0, 0.1) is 0 Å². The SMILES string of the molecule is CCc1ccc(C2C(N)C(=O)N2c2ccc3c(c2)OCCO3)cc1. The topological polar surface area (TPSA) is 64.8 Å². The average molecular weight is 324 g/mol. The third-order valence-electron chi connectivity index (χ3n) is 4.67. The van der Waals surface area contributed by atoms with E-state index >= 15 is 0 Å². The van der Waals surface area contributed by atoms with Gasteiger partial charge in [0.25, 0.3) is 0 Å². The fourth-order valence-corrected chi connectivity index (χ4v) is 3.29. The zero-order valence-electron chi connectivity index (χ0n) is 13.6. The minimum atomic E-state index is -0.509. The second kappa shape index (κ2) is 5.83. The molecule has 1 amide bonds. The number of anilines is 1. The number of benzene rings is 2. The van der Waals surface area contributed by atoms with Gasteiger partial charge in [0.15, 0.2) is 11.5 Å². The molecule has 2 aromatic carbocycles. The van der Waals surface area contributed by atoms with Gasteiger partial charge in [0, 0.05) is 11.8 Å². The van der Waals surface area contributed by atoms with Gasteiger partial charge in [-0.15, -0.1) is 0 Å². The van der Waals surface area contributed by atoms with Crippen molar-refractivity contribution < 1.29 is 14.3 Å². The molecule has 1 fully saturated rings. The van der Waals surface area contributed by atoms with Gasteiger partial charge < -0.3 is 20.1 Å². The molecule has 2 aromatic rings. The van der Waals surface area contributed by atoms with Crippen LogP contribution in [0.2, 0.25) is 0 Å². The number of carbonyl (C=O) groups excluding carboxylic acids is 1. The maximum atomic E-state index is 12.4. The lowest BCUT2D eigenvalue weighted by Gasteiger charge is -2.45. The summed E-state index contributed by atoms with van der Waals surface area (Å²) in [6, 6.07) is 13.2. The Morgan fingerprint density at radius 3 is 2.50 bits per heavy atom. The van der Waals surface area contributed by atoms with Gasteiger partial charge in [-0.05, 0) is 29.7 Å². The van der Waals surface area contributed by atoms with Crippen molar-refractivity contribution in [3.8, 4) is 11.5 Å². The molecule has 0 bridgehead atoms. The first-order valence-electron chi connectivity index (χ1n) is 8.26. The highest BCUT2D eigenvalue weighted by molar-refractivity contribution is 6.05. The molecule has 2 heterocycles. The highest BCUT2D eigenvalue weighted by atomic mass is 16.6. The van der Waals surface area contributed by atoms with E-state index in [1.54, 1.807) is 4.90 Å². The van der Waals surface area contributed by atoms with Crippen LogP contribution in [0.5, 0.6) is 11.5 Å². The standard InChI is InChI=1S/C19H20N2O3/c1-2-12-3-5-13(6-4-12)18-17(20)19(22)21(18)14-7-8-15-16(11-14)24-10-9-23-15/h3-8,11,17-18H,2,9-10,20H2,1H3. The Bertz CT molecular complexity index is 773. The van der Waals surface area contributed by atoms with Crippen LogP contribution in [-0.4, -0.2) is 25.2 Å². The zero-order valence-corrected chi connectivity index (χ0v) is 13.6. The number of fused-ring (bicyclic) bond motifs is 1. The summed E-state index contributed by atoms with van der Waals surface area (Å²) in [5.41, 5.74) is 9.19. The number of hydrogen-bond donors (Lipinski definition) is 1. The van der Waals surface area contributed by atoms with Gasteiger partial charge in [-0.1, -0.05) is 31.2 Å². The van der Waals surface area contributed by atoms with E-state index in [4.69, 9.17) is 15.2 Å². The molecule has 0 saturated carbocycles. The van der Waals surface area contributed by atoms with Crippen molar-refractivity contribution in [2.24, 2.45) is 5.73 Å². The molecular weight excluding hydrogens is 304 g/mol. The highest BCUT2D eigenvalue weighted by Gasteiger charge is 2.46. The predicted octanol–water partition coefficient (Wildman–Crippen LogP) is 2.44. The van der Waals surface area contributed by atoms with Crippen molar-refractivity contribution in [2.75, 3.05) is 18.1 Å². The lowest BCUT2D eigenvalue weighted by Crippen LogP contribution is -2.63. The third-order valence-corrected chi connectivity index (χ3v) is 4.67. The molecule has 0 spiro atoms. The first kappa shape index (κ1) is 15.0. The summed E-state index contributed by atoms with van der Waals surface area (Å²) in [5, 5.41) is 0. The van der Waals surface area contributed by atoms with E-state index in [0.717, 1.165) is 17.7 Å². The molecule has 2 N–H and O–H groups in total. The van der Waals surface area contributed by atoms with Crippen LogP contribution in [-0.2, 0) is 11.2 Å². The lowest BCUT2D eigenvalue weighted by atomic mass is 9.88. The first-order valence-corrected chi connectivity index (χ1v) is 8.26. The van der Waals surface area contributed by atoms with Gasteiger partial charge in [0.05, 0.1) is 6.04 Å². The van der Waals surface area contributed by atoms with Gasteiger partial charge in [-0.25, -0.2) is 0 Å². The fraction of sp³-hybridized carbons (Fsp3) is 0.316. The van der Waals surface area contributed by atoms with E-state index < -0.39 is 6.04 Å². The van der Waals surface area contributed by atoms with Crippen LogP contribution in [0.3, 0.4) is 0 Å². The van der Waals surface area contributed by atoms with Crippen molar-refractivity contribution in [3.63, 3.8) is 0 Å². The lowest BCUT2D eigenvalue weighted by molar-refractivity contribution is -0.126. The molecular formula is C19H20N2O3. The molecule has 0 aromatic heterocycles. The largest absolute Gasteiger partial charge is 0.486 e. The van der Waals surface area contributed by atoms with Crippen molar-refractivity contribution in [3.05, 3.63) is 53.6 Å².